The fourth-order valence-electron chi connectivity index (χ4n) is 2.94. The van der Waals surface area contributed by atoms with Crippen molar-refractivity contribution < 1.29 is 35.1 Å². The Labute approximate surface area is 197 Å². The van der Waals surface area contributed by atoms with E-state index in [1.165, 1.54) is 0 Å². The van der Waals surface area contributed by atoms with Crippen molar-refractivity contribution in [3.8, 4) is 0 Å². The van der Waals surface area contributed by atoms with Gasteiger partial charge in [-0.2, -0.15) is 30.3 Å². The van der Waals surface area contributed by atoms with Crippen molar-refractivity contribution in [3.05, 3.63) is 101 Å². The molecule has 0 aliphatic heterocycles. The standard InChI is InChI=1S/C20H25O4Si.C5H5.Fe/c1-4-22-25(23-5-2,24-6-3)19(16-17-12-10-11-13-17)20(21)18-14-8-7-9-15-18;1-2-4-5-3-1;/h7-16H,4-6H2,1-3H3;1-5H;/q2*-1;+2. The molecule has 0 aromatic heterocycles. The molecule has 0 heterocycles. The number of Topliss-reactive ketones (excluding diaryl/α,β-unsaturated/α-hetero) is 1. The summed E-state index contributed by atoms with van der Waals surface area (Å²) in [5.41, 5.74) is 1.52. The van der Waals surface area contributed by atoms with E-state index in [2.05, 4.69) is 0 Å². The normalized spacial score (nSPS) is 11.3. The maximum absolute atomic E-state index is 13.3. The molecular weight excluding hydrogens is 448 g/mol. The molecule has 0 atom stereocenters. The average Bonchev–Trinajstić information content (AvgIpc) is 3.49. The first-order chi connectivity index (χ1) is 14.7. The van der Waals surface area contributed by atoms with Crippen molar-refractivity contribution >= 4 is 20.7 Å². The maximum atomic E-state index is 13.3. The van der Waals surface area contributed by atoms with Gasteiger partial charge in [0.15, 0.2) is 5.78 Å². The van der Waals surface area contributed by atoms with E-state index in [9.17, 15) is 4.79 Å². The van der Waals surface area contributed by atoms with Crippen LogP contribution in [0.4, 0.5) is 0 Å². The minimum Gasteiger partial charge on any atom is -0.377 e. The van der Waals surface area contributed by atoms with E-state index in [4.69, 9.17) is 13.3 Å². The van der Waals surface area contributed by atoms with Gasteiger partial charge in [-0.05, 0) is 20.8 Å². The van der Waals surface area contributed by atoms with Gasteiger partial charge < -0.3 is 18.1 Å². The van der Waals surface area contributed by atoms with Gasteiger partial charge in [0.1, 0.15) is 0 Å². The summed E-state index contributed by atoms with van der Waals surface area (Å²) in [6.45, 7) is 6.87. The first-order valence-corrected chi connectivity index (χ1v) is 12.0. The smallest absolute Gasteiger partial charge is 0.377 e. The topological polar surface area (TPSA) is 44.8 Å². The van der Waals surface area contributed by atoms with E-state index < -0.39 is 8.80 Å². The fraction of sp³-hybridized carbons (Fsp3) is 0.240. The van der Waals surface area contributed by atoms with Crippen molar-refractivity contribution in [2.24, 2.45) is 0 Å². The van der Waals surface area contributed by atoms with Crippen LogP contribution in [0.1, 0.15) is 36.7 Å². The first kappa shape index (κ1) is 27.0. The number of rotatable bonds is 10. The van der Waals surface area contributed by atoms with Crippen molar-refractivity contribution in [3.63, 3.8) is 0 Å². The summed E-state index contributed by atoms with van der Waals surface area (Å²) in [7, 11) is -3.32. The van der Waals surface area contributed by atoms with E-state index >= 15 is 0 Å². The van der Waals surface area contributed by atoms with Gasteiger partial charge in [-0.25, -0.2) is 12.1 Å². The molecule has 4 nitrogen and oxygen atoms in total. The molecule has 0 spiro atoms. The van der Waals surface area contributed by atoms with Crippen LogP contribution in [-0.2, 0) is 30.3 Å². The molecule has 0 saturated carbocycles. The molecule has 166 valence electrons. The molecular formula is C25H30FeO4Si. The Morgan fingerprint density at radius 2 is 1.39 bits per heavy atom. The van der Waals surface area contributed by atoms with Gasteiger partial charge in [0.25, 0.3) is 0 Å². The van der Waals surface area contributed by atoms with Crippen molar-refractivity contribution in [1.29, 1.82) is 0 Å². The molecule has 0 N–H and O–H groups in total. The summed E-state index contributed by atoms with van der Waals surface area (Å²) in [5, 5.41) is 0.468. The SMILES string of the molecule is CCO[Si](OCC)(OCC)C(=C[c-]1cccc1)C(=O)c1ccccc1.[Fe+2].c1cc[cH-]c1. The predicted octanol–water partition coefficient (Wildman–Crippen LogP) is 5.66. The van der Waals surface area contributed by atoms with Crippen LogP contribution in [0, 0.1) is 0 Å². The summed E-state index contributed by atoms with van der Waals surface area (Å²) in [6.07, 6.45) is 1.84. The zero-order valence-electron chi connectivity index (χ0n) is 18.3. The molecule has 0 unspecified atom stereocenters. The minimum atomic E-state index is -3.32. The van der Waals surface area contributed by atoms with E-state index in [1.54, 1.807) is 12.1 Å². The van der Waals surface area contributed by atoms with Crippen LogP contribution in [0.2, 0.25) is 0 Å². The van der Waals surface area contributed by atoms with Crippen molar-refractivity contribution in [1.82, 2.24) is 0 Å². The Morgan fingerprint density at radius 3 is 1.81 bits per heavy atom. The number of benzene rings is 1. The predicted molar refractivity (Wildman–Crippen MR) is 123 cm³/mol. The number of carbonyl (C=O) groups is 1. The molecule has 31 heavy (non-hydrogen) atoms. The quantitative estimate of drug-likeness (QED) is 0.163. The van der Waals surface area contributed by atoms with Gasteiger partial charge in [-0.15, -0.1) is 23.8 Å². The zero-order valence-corrected chi connectivity index (χ0v) is 20.4. The summed E-state index contributed by atoms with van der Waals surface area (Å²) >= 11 is 0. The Kier molecular flexibility index (Phi) is 12.9. The second-order valence-electron chi connectivity index (χ2n) is 6.29. The van der Waals surface area contributed by atoms with Gasteiger partial charge >= 0.3 is 25.9 Å². The summed E-state index contributed by atoms with van der Waals surface area (Å²) in [6, 6.07) is 26.9. The van der Waals surface area contributed by atoms with Gasteiger partial charge in [-0.3, -0.25) is 0 Å². The van der Waals surface area contributed by atoms with Gasteiger partial charge in [0.05, 0.1) is 0 Å². The molecule has 0 aliphatic carbocycles. The van der Waals surface area contributed by atoms with E-state index in [-0.39, 0.29) is 22.9 Å². The second kappa shape index (κ2) is 14.9. The number of carbonyl (C=O) groups excluding carboxylic acids is 1. The molecule has 0 amide bonds. The van der Waals surface area contributed by atoms with E-state index in [0.717, 1.165) is 5.56 Å². The van der Waals surface area contributed by atoms with E-state index in [0.29, 0.717) is 30.6 Å². The Bertz CT molecular complexity index is 824. The number of hydrogen-bond donors (Lipinski definition) is 0. The summed E-state index contributed by atoms with van der Waals surface area (Å²) in [5.74, 6) is -0.121. The van der Waals surface area contributed by atoms with Crippen molar-refractivity contribution in [2.45, 2.75) is 20.8 Å². The molecule has 3 rings (SSSR count). The third kappa shape index (κ3) is 8.18. The van der Waals surface area contributed by atoms with Crippen LogP contribution in [0.5, 0.6) is 0 Å². The van der Waals surface area contributed by atoms with Crippen LogP contribution in [0.15, 0.2) is 90.1 Å². The molecule has 0 aliphatic rings. The van der Waals surface area contributed by atoms with E-state index in [1.807, 2.05) is 99.6 Å². The van der Waals surface area contributed by atoms with Gasteiger partial charge in [0.2, 0.25) is 0 Å². The monoisotopic (exact) mass is 478 g/mol. The molecule has 0 saturated heterocycles. The Balaban J connectivity index is 0.000000701. The third-order valence-electron chi connectivity index (χ3n) is 4.17. The molecule has 0 radical (unpaired) electrons. The molecule has 3 aromatic carbocycles. The third-order valence-corrected chi connectivity index (χ3v) is 7.21. The maximum Gasteiger partial charge on any atom is 2.00 e. The summed E-state index contributed by atoms with van der Waals surface area (Å²) in [4.78, 5) is 13.3. The Morgan fingerprint density at radius 1 is 0.871 bits per heavy atom. The molecule has 0 bridgehead atoms. The number of hydrogen-bond acceptors (Lipinski definition) is 4. The molecule has 3 aromatic rings. The van der Waals surface area contributed by atoms with Crippen LogP contribution in [0.3, 0.4) is 0 Å². The Hall–Kier alpha value is -2.05. The average molecular weight is 478 g/mol. The van der Waals surface area contributed by atoms with Crippen molar-refractivity contribution in [2.75, 3.05) is 19.8 Å². The molecule has 6 heteroatoms. The fourth-order valence-corrected chi connectivity index (χ4v) is 5.56. The van der Waals surface area contributed by atoms with Crippen LogP contribution < -0.4 is 0 Å². The second-order valence-corrected chi connectivity index (χ2v) is 8.81. The number of allylic oxidation sites excluding steroid dienone is 1. The zero-order chi connectivity index (χ0) is 21.7. The largest absolute Gasteiger partial charge is 2.00 e. The van der Waals surface area contributed by atoms with Crippen LogP contribution >= 0.6 is 0 Å². The van der Waals surface area contributed by atoms with Gasteiger partial charge in [0, 0.05) is 30.6 Å². The molecule has 0 fully saturated rings. The van der Waals surface area contributed by atoms with Gasteiger partial charge in [-0.1, -0.05) is 30.3 Å². The number of ketones is 1. The first-order valence-electron chi connectivity index (χ1n) is 10.3. The van der Waals surface area contributed by atoms with Crippen LogP contribution in [-0.4, -0.2) is 34.4 Å². The minimum absolute atomic E-state index is 0. The summed E-state index contributed by atoms with van der Waals surface area (Å²) < 4.78 is 17.9. The van der Waals surface area contributed by atoms with Crippen LogP contribution in [0.25, 0.3) is 6.08 Å².